The van der Waals surface area contributed by atoms with Crippen molar-refractivity contribution in [1.82, 2.24) is 15.1 Å². The molecular weight excluding hydrogens is 321 g/mol. The van der Waals surface area contributed by atoms with E-state index in [1.165, 1.54) is 17.7 Å². The summed E-state index contributed by atoms with van der Waals surface area (Å²) < 4.78 is 13.6. The number of halogens is 1. The van der Waals surface area contributed by atoms with Gasteiger partial charge in [0.15, 0.2) is 0 Å². The number of aromatic nitrogens is 2. The number of amides is 1. The van der Waals surface area contributed by atoms with E-state index in [4.69, 9.17) is 0 Å². The van der Waals surface area contributed by atoms with Crippen LogP contribution in [0.25, 0.3) is 0 Å². The number of β-amino-alcohol motifs (C(OH)–C–C–N with tert-alkyl or cyclic N) is 1. The molecular formula is C19H22FN3O2. The predicted octanol–water partition coefficient (Wildman–Crippen LogP) is 2.30. The Balaban J connectivity index is 1.55. The number of rotatable bonds is 3. The molecule has 1 fully saturated rings. The van der Waals surface area contributed by atoms with Gasteiger partial charge in [-0.1, -0.05) is 12.1 Å². The maximum Gasteiger partial charge on any atom is 0.229 e. The van der Waals surface area contributed by atoms with E-state index in [2.05, 4.69) is 10.2 Å². The van der Waals surface area contributed by atoms with Gasteiger partial charge in [0.2, 0.25) is 5.91 Å². The second-order valence-electron chi connectivity index (χ2n) is 7.02. The van der Waals surface area contributed by atoms with Crippen molar-refractivity contribution in [1.29, 1.82) is 0 Å². The molecule has 6 heteroatoms. The smallest absolute Gasteiger partial charge is 0.229 e. The quantitative estimate of drug-likeness (QED) is 0.898. The van der Waals surface area contributed by atoms with Crippen molar-refractivity contribution >= 4 is 5.91 Å². The summed E-state index contributed by atoms with van der Waals surface area (Å²) in [7, 11) is 0. The summed E-state index contributed by atoms with van der Waals surface area (Å²) >= 11 is 0. The summed E-state index contributed by atoms with van der Waals surface area (Å²) in [5.74, 6) is -0.390. The number of carbonyl (C=O) groups excluding carboxylic acids is 1. The molecule has 2 N–H and O–H groups in total. The van der Waals surface area contributed by atoms with Gasteiger partial charge in [0, 0.05) is 12.2 Å². The van der Waals surface area contributed by atoms with E-state index < -0.39 is 6.10 Å². The number of benzene rings is 1. The second-order valence-corrected chi connectivity index (χ2v) is 7.02. The predicted molar refractivity (Wildman–Crippen MR) is 90.4 cm³/mol. The summed E-state index contributed by atoms with van der Waals surface area (Å²) in [4.78, 5) is 14.5. The standard InChI is InChI=1S/C19H22FN3O2/c20-13-5-3-4-12(8-13)18-9-14(24)11-23(18)19(25)10-17-15-6-1-2-7-16(15)21-22-17/h3-5,8,14,18,24H,1-2,6-7,9-11H2,(H,21,22)/t14-,18-/m0/s1. The van der Waals surface area contributed by atoms with Crippen LogP contribution in [0.5, 0.6) is 0 Å². The molecule has 132 valence electrons. The minimum atomic E-state index is -0.578. The van der Waals surface area contributed by atoms with E-state index in [9.17, 15) is 14.3 Å². The third-order valence-corrected chi connectivity index (χ3v) is 5.29. The summed E-state index contributed by atoms with van der Waals surface area (Å²) in [5.41, 5.74) is 3.88. The Bertz CT molecular complexity index is 789. The molecule has 4 rings (SSSR count). The number of carbonyl (C=O) groups is 1. The van der Waals surface area contributed by atoms with Gasteiger partial charge in [-0.05, 0) is 55.4 Å². The van der Waals surface area contributed by atoms with Crippen molar-refractivity contribution in [2.24, 2.45) is 0 Å². The van der Waals surface area contributed by atoms with E-state index in [1.807, 2.05) is 6.07 Å². The lowest BCUT2D eigenvalue weighted by Crippen LogP contribution is -2.33. The normalized spacial score (nSPS) is 22.9. The molecule has 0 saturated carbocycles. The Labute approximate surface area is 145 Å². The molecule has 1 aliphatic heterocycles. The summed E-state index contributed by atoms with van der Waals surface area (Å²) in [6.07, 6.45) is 4.32. The molecule has 0 bridgehead atoms. The number of H-pyrrole nitrogens is 1. The van der Waals surface area contributed by atoms with E-state index in [-0.39, 0.29) is 30.7 Å². The maximum absolute atomic E-state index is 13.6. The number of fused-ring (bicyclic) bond motifs is 1. The van der Waals surface area contributed by atoms with Gasteiger partial charge in [-0.3, -0.25) is 9.89 Å². The fourth-order valence-corrected chi connectivity index (χ4v) is 4.06. The van der Waals surface area contributed by atoms with Gasteiger partial charge in [0.05, 0.1) is 24.3 Å². The molecule has 1 aliphatic carbocycles. The Morgan fingerprint density at radius 3 is 3.04 bits per heavy atom. The van der Waals surface area contributed by atoms with E-state index in [0.717, 1.165) is 42.6 Å². The van der Waals surface area contributed by atoms with Crippen LogP contribution in [-0.2, 0) is 24.1 Å². The summed E-state index contributed by atoms with van der Waals surface area (Å²) in [5, 5.41) is 17.5. The molecule has 5 nitrogen and oxygen atoms in total. The van der Waals surface area contributed by atoms with E-state index in [0.29, 0.717) is 6.42 Å². The van der Waals surface area contributed by atoms with Crippen molar-refractivity contribution in [3.8, 4) is 0 Å². The van der Waals surface area contributed by atoms with Crippen LogP contribution in [-0.4, -0.2) is 38.8 Å². The number of hydrogen-bond acceptors (Lipinski definition) is 3. The van der Waals surface area contributed by atoms with Gasteiger partial charge in [0.25, 0.3) is 0 Å². The minimum Gasteiger partial charge on any atom is -0.391 e. The number of aliphatic hydroxyl groups excluding tert-OH is 1. The zero-order valence-electron chi connectivity index (χ0n) is 14.0. The first kappa shape index (κ1) is 16.3. The molecule has 0 radical (unpaired) electrons. The molecule has 2 heterocycles. The topological polar surface area (TPSA) is 69.2 Å². The maximum atomic E-state index is 13.6. The molecule has 0 unspecified atom stereocenters. The molecule has 0 spiro atoms. The van der Waals surface area contributed by atoms with Crippen LogP contribution < -0.4 is 0 Å². The third-order valence-electron chi connectivity index (χ3n) is 5.29. The molecule has 1 saturated heterocycles. The lowest BCUT2D eigenvalue weighted by molar-refractivity contribution is -0.131. The Kier molecular flexibility index (Phi) is 4.29. The zero-order valence-corrected chi connectivity index (χ0v) is 14.0. The number of aliphatic hydroxyl groups is 1. The largest absolute Gasteiger partial charge is 0.391 e. The van der Waals surface area contributed by atoms with E-state index in [1.54, 1.807) is 11.0 Å². The first-order chi connectivity index (χ1) is 12.1. The fourth-order valence-electron chi connectivity index (χ4n) is 4.06. The first-order valence-corrected chi connectivity index (χ1v) is 8.90. The summed E-state index contributed by atoms with van der Waals surface area (Å²) in [6, 6.07) is 5.99. The van der Waals surface area contributed by atoms with E-state index >= 15 is 0 Å². The average Bonchev–Trinajstić information content (AvgIpc) is 3.19. The van der Waals surface area contributed by atoms with Crippen LogP contribution in [0.1, 0.15) is 47.8 Å². The number of likely N-dealkylation sites (tertiary alicyclic amines) is 1. The molecule has 1 aromatic carbocycles. The van der Waals surface area contributed by atoms with Crippen molar-refractivity contribution in [3.05, 3.63) is 52.6 Å². The Morgan fingerprint density at radius 2 is 2.20 bits per heavy atom. The van der Waals surface area contributed by atoms with Gasteiger partial charge in [0.1, 0.15) is 5.82 Å². The number of nitrogens with one attached hydrogen (secondary N) is 1. The van der Waals surface area contributed by atoms with Gasteiger partial charge in [-0.25, -0.2) is 4.39 Å². The Hall–Kier alpha value is -2.21. The SMILES string of the molecule is O=C(Cc1n[nH]c2c1CCCC2)N1C[C@@H](O)C[C@H]1c1cccc(F)c1. The zero-order chi connectivity index (χ0) is 17.4. The molecule has 2 atom stereocenters. The molecule has 1 amide bonds. The monoisotopic (exact) mass is 343 g/mol. The van der Waals surface area contributed by atoms with Crippen molar-refractivity contribution in [2.75, 3.05) is 6.54 Å². The van der Waals surface area contributed by atoms with Gasteiger partial charge >= 0.3 is 0 Å². The molecule has 2 aromatic rings. The molecule has 2 aliphatic rings. The van der Waals surface area contributed by atoms with Crippen molar-refractivity contribution in [2.45, 2.75) is 50.7 Å². The number of aryl methyl sites for hydroxylation is 1. The minimum absolute atomic E-state index is 0.0642. The van der Waals surface area contributed by atoms with Gasteiger partial charge < -0.3 is 10.0 Å². The van der Waals surface area contributed by atoms with Crippen molar-refractivity contribution < 1.29 is 14.3 Å². The van der Waals surface area contributed by atoms with Gasteiger partial charge in [-0.2, -0.15) is 5.10 Å². The highest BCUT2D eigenvalue weighted by Gasteiger charge is 2.36. The number of hydrogen-bond donors (Lipinski definition) is 2. The number of nitrogens with zero attached hydrogens (tertiary/aromatic N) is 2. The first-order valence-electron chi connectivity index (χ1n) is 8.90. The third kappa shape index (κ3) is 3.18. The average molecular weight is 343 g/mol. The highest BCUT2D eigenvalue weighted by atomic mass is 19.1. The molecule has 25 heavy (non-hydrogen) atoms. The second kappa shape index (κ2) is 6.59. The lowest BCUT2D eigenvalue weighted by atomic mass is 9.95. The summed E-state index contributed by atoms with van der Waals surface area (Å²) in [6.45, 7) is 0.284. The van der Waals surface area contributed by atoms with Crippen LogP contribution in [0, 0.1) is 5.82 Å². The highest BCUT2D eigenvalue weighted by molar-refractivity contribution is 5.79. The van der Waals surface area contributed by atoms with Crippen LogP contribution in [0.3, 0.4) is 0 Å². The van der Waals surface area contributed by atoms with Crippen LogP contribution in [0.2, 0.25) is 0 Å². The highest BCUT2D eigenvalue weighted by Crippen LogP contribution is 2.33. The van der Waals surface area contributed by atoms with Crippen molar-refractivity contribution in [3.63, 3.8) is 0 Å². The van der Waals surface area contributed by atoms with Gasteiger partial charge in [-0.15, -0.1) is 0 Å². The molecule has 1 aromatic heterocycles. The lowest BCUT2D eigenvalue weighted by Gasteiger charge is -2.25. The van der Waals surface area contributed by atoms with Crippen LogP contribution in [0.15, 0.2) is 24.3 Å². The number of aromatic amines is 1. The van der Waals surface area contributed by atoms with Crippen LogP contribution in [0.4, 0.5) is 4.39 Å². The fraction of sp³-hybridized carbons (Fsp3) is 0.474. The van der Waals surface area contributed by atoms with Crippen LogP contribution >= 0.6 is 0 Å². The Morgan fingerprint density at radius 1 is 1.36 bits per heavy atom.